The lowest BCUT2D eigenvalue weighted by Gasteiger charge is -2.09. The standard InChI is InChI=1S/C15H18N2O4S2/c1-3-20-13(18)7-11-8-23-15(16-11)17-14(19)10(2)22-9-12-5-4-6-21-12/h4-6,8,10H,3,7,9H2,1-2H3,(H,16,17,19). The van der Waals surface area contributed by atoms with E-state index in [0.717, 1.165) is 5.76 Å². The lowest BCUT2D eigenvalue weighted by atomic mass is 10.3. The Hall–Kier alpha value is -1.80. The monoisotopic (exact) mass is 354 g/mol. The van der Waals surface area contributed by atoms with Gasteiger partial charge in [0.15, 0.2) is 5.13 Å². The summed E-state index contributed by atoms with van der Waals surface area (Å²) in [6.07, 6.45) is 1.73. The number of ether oxygens (including phenoxy) is 1. The van der Waals surface area contributed by atoms with E-state index >= 15 is 0 Å². The fourth-order valence-corrected chi connectivity index (χ4v) is 3.19. The Labute approximate surface area is 142 Å². The van der Waals surface area contributed by atoms with E-state index in [1.54, 1.807) is 18.6 Å². The minimum Gasteiger partial charge on any atom is -0.468 e. The van der Waals surface area contributed by atoms with Crippen LogP contribution in [0, 0.1) is 0 Å². The topological polar surface area (TPSA) is 81.4 Å². The number of amides is 1. The molecule has 0 aliphatic heterocycles. The lowest BCUT2D eigenvalue weighted by Crippen LogP contribution is -2.22. The number of nitrogens with one attached hydrogen (secondary N) is 1. The molecule has 0 bridgehead atoms. The number of hydrogen-bond donors (Lipinski definition) is 1. The molecule has 0 aliphatic carbocycles. The number of furan rings is 1. The predicted octanol–water partition coefficient (Wildman–Crippen LogP) is 3.10. The van der Waals surface area contributed by atoms with Crippen molar-refractivity contribution < 1.29 is 18.7 Å². The Kier molecular flexibility index (Phi) is 6.66. The number of hydrogen-bond acceptors (Lipinski definition) is 7. The molecule has 8 heteroatoms. The van der Waals surface area contributed by atoms with Crippen LogP contribution in [0.5, 0.6) is 0 Å². The SMILES string of the molecule is CCOC(=O)Cc1csc(NC(=O)C(C)SCc2ccco2)n1. The lowest BCUT2D eigenvalue weighted by molar-refractivity contribution is -0.142. The second-order valence-corrected chi connectivity index (χ2v) is 6.83. The van der Waals surface area contributed by atoms with Gasteiger partial charge in [-0.1, -0.05) is 0 Å². The van der Waals surface area contributed by atoms with Gasteiger partial charge in [0.2, 0.25) is 5.91 Å². The van der Waals surface area contributed by atoms with Gasteiger partial charge in [0.25, 0.3) is 0 Å². The molecule has 0 saturated heterocycles. The molecule has 0 saturated carbocycles. The summed E-state index contributed by atoms with van der Waals surface area (Å²) < 4.78 is 10.1. The number of carbonyl (C=O) groups excluding carboxylic acids is 2. The average molecular weight is 354 g/mol. The third-order valence-electron chi connectivity index (χ3n) is 2.84. The Morgan fingerprint density at radius 2 is 2.35 bits per heavy atom. The van der Waals surface area contributed by atoms with Crippen molar-refractivity contribution in [2.24, 2.45) is 0 Å². The highest BCUT2D eigenvalue weighted by Crippen LogP contribution is 2.21. The van der Waals surface area contributed by atoms with E-state index < -0.39 is 0 Å². The first-order chi connectivity index (χ1) is 11.1. The Morgan fingerprint density at radius 1 is 1.52 bits per heavy atom. The second-order valence-electron chi connectivity index (χ2n) is 4.65. The van der Waals surface area contributed by atoms with E-state index in [-0.39, 0.29) is 23.5 Å². The van der Waals surface area contributed by atoms with Gasteiger partial charge >= 0.3 is 5.97 Å². The summed E-state index contributed by atoms with van der Waals surface area (Å²) >= 11 is 2.78. The molecule has 0 aromatic carbocycles. The molecule has 1 unspecified atom stereocenters. The van der Waals surface area contributed by atoms with E-state index in [0.29, 0.717) is 23.2 Å². The van der Waals surface area contributed by atoms with Crippen LogP contribution in [0.15, 0.2) is 28.2 Å². The fourth-order valence-electron chi connectivity index (χ4n) is 1.69. The molecule has 2 heterocycles. The van der Waals surface area contributed by atoms with Gasteiger partial charge < -0.3 is 14.5 Å². The van der Waals surface area contributed by atoms with Crippen LogP contribution < -0.4 is 5.32 Å². The van der Waals surface area contributed by atoms with Crippen LogP contribution in [0.2, 0.25) is 0 Å². The van der Waals surface area contributed by atoms with Gasteiger partial charge in [-0.25, -0.2) is 4.98 Å². The highest BCUT2D eigenvalue weighted by Gasteiger charge is 2.16. The molecule has 2 aromatic heterocycles. The molecule has 6 nitrogen and oxygen atoms in total. The molecular formula is C15H18N2O4S2. The van der Waals surface area contributed by atoms with Crippen molar-refractivity contribution in [2.45, 2.75) is 31.3 Å². The Bertz CT molecular complexity index is 640. The summed E-state index contributed by atoms with van der Waals surface area (Å²) in [4.78, 5) is 27.7. The van der Waals surface area contributed by atoms with Crippen LogP contribution >= 0.6 is 23.1 Å². The quantitative estimate of drug-likeness (QED) is 0.734. The number of rotatable bonds is 8. The zero-order valence-electron chi connectivity index (χ0n) is 12.9. The normalized spacial score (nSPS) is 11.9. The van der Waals surface area contributed by atoms with Crippen LogP contribution in [0.3, 0.4) is 0 Å². The molecule has 2 aromatic rings. The molecule has 2 rings (SSSR count). The van der Waals surface area contributed by atoms with E-state index in [1.165, 1.54) is 23.1 Å². The largest absolute Gasteiger partial charge is 0.468 e. The zero-order chi connectivity index (χ0) is 16.7. The van der Waals surface area contributed by atoms with Crippen molar-refractivity contribution in [3.05, 3.63) is 35.2 Å². The maximum Gasteiger partial charge on any atom is 0.311 e. The van der Waals surface area contributed by atoms with Crippen LogP contribution in [0.4, 0.5) is 5.13 Å². The van der Waals surface area contributed by atoms with Crippen LogP contribution in [0.1, 0.15) is 25.3 Å². The third kappa shape index (κ3) is 5.72. The molecule has 1 N–H and O–H groups in total. The maximum absolute atomic E-state index is 12.1. The number of carbonyl (C=O) groups is 2. The number of aromatic nitrogens is 1. The minimum absolute atomic E-state index is 0.114. The fraction of sp³-hybridized carbons (Fsp3) is 0.400. The predicted molar refractivity (Wildman–Crippen MR) is 90.5 cm³/mol. The molecule has 124 valence electrons. The van der Waals surface area contributed by atoms with E-state index in [9.17, 15) is 9.59 Å². The van der Waals surface area contributed by atoms with E-state index in [2.05, 4.69) is 10.3 Å². The van der Waals surface area contributed by atoms with Crippen molar-refractivity contribution >= 4 is 40.1 Å². The van der Waals surface area contributed by atoms with Gasteiger partial charge in [0, 0.05) is 5.38 Å². The third-order valence-corrected chi connectivity index (χ3v) is 4.81. The van der Waals surface area contributed by atoms with Gasteiger partial charge in [-0.3, -0.25) is 9.59 Å². The van der Waals surface area contributed by atoms with Crippen molar-refractivity contribution in [2.75, 3.05) is 11.9 Å². The summed E-state index contributed by atoms with van der Waals surface area (Å²) in [6.45, 7) is 3.93. The molecule has 23 heavy (non-hydrogen) atoms. The van der Waals surface area contributed by atoms with E-state index in [4.69, 9.17) is 9.15 Å². The van der Waals surface area contributed by atoms with Crippen LogP contribution in [-0.4, -0.2) is 28.7 Å². The molecule has 0 aliphatic rings. The summed E-state index contributed by atoms with van der Waals surface area (Å²) in [6, 6.07) is 3.70. The molecular weight excluding hydrogens is 336 g/mol. The van der Waals surface area contributed by atoms with Crippen molar-refractivity contribution in [1.29, 1.82) is 0 Å². The smallest absolute Gasteiger partial charge is 0.311 e. The second kappa shape index (κ2) is 8.73. The van der Waals surface area contributed by atoms with Crippen LogP contribution in [0.25, 0.3) is 0 Å². The summed E-state index contributed by atoms with van der Waals surface area (Å²) in [5.41, 5.74) is 0.597. The first-order valence-corrected chi connectivity index (χ1v) is 9.06. The van der Waals surface area contributed by atoms with Gasteiger partial charge in [-0.2, -0.15) is 0 Å². The van der Waals surface area contributed by atoms with Crippen molar-refractivity contribution in [3.63, 3.8) is 0 Å². The summed E-state index contributed by atoms with van der Waals surface area (Å²) in [5.74, 6) is 1.02. The Balaban J connectivity index is 1.80. The van der Waals surface area contributed by atoms with E-state index in [1.807, 2.05) is 19.1 Å². The van der Waals surface area contributed by atoms with Gasteiger partial charge in [0.05, 0.1) is 36.0 Å². The molecule has 0 fully saturated rings. The van der Waals surface area contributed by atoms with Gasteiger partial charge in [-0.05, 0) is 26.0 Å². The molecule has 1 amide bonds. The molecule has 0 spiro atoms. The number of esters is 1. The number of thioether (sulfide) groups is 1. The van der Waals surface area contributed by atoms with Crippen LogP contribution in [-0.2, 0) is 26.5 Å². The van der Waals surface area contributed by atoms with Gasteiger partial charge in [0.1, 0.15) is 5.76 Å². The first-order valence-electron chi connectivity index (χ1n) is 7.13. The maximum atomic E-state index is 12.1. The van der Waals surface area contributed by atoms with Crippen molar-refractivity contribution in [3.8, 4) is 0 Å². The average Bonchev–Trinajstić information content (AvgIpc) is 3.17. The van der Waals surface area contributed by atoms with Gasteiger partial charge in [-0.15, -0.1) is 23.1 Å². The summed E-state index contributed by atoms with van der Waals surface area (Å²) in [5, 5.41) is 4.75. The minimum atomic E-state index is -0.321. The number of thiazole rings is 1. The van der Waals surface area contributed by atoms with Crippen molar-refractivity contribution in [1.82, 2.24) is 4.98 Å². The Morgan fingerprint density at radius 3 is 3.04 bits per heavy atom. The zero-order valence-corrected chi connectivity index (χ0v) is 14.5. The molecule has 0 radical (unpaired) electrons. The number of nitrogens with zero attached hydrogens (tertiary/aromatic N) is 1. The first kappa shape index (κ1) is 17.6. The highest BCUT2D eigenvalue weighted by atomic mass is 32.2. The number of anilines is 1. The molecule has 1 atom stereocenters. The highest BCUT2D eigenvalue weighted by molar-refractivity contribution is 7.99. The summed E-state index contributed by atoms with van der Waals surface area (Å²) in [7, 11) is 0.